The zero-order valence-electron chi connectivity index (χ0n) is 12.0. The summed E-state index contributed by atoms with van der Waals surface area (Å²) in [7, 11) is 0. The lowest BCUT2D eigenvalue weighted by atomic mass is 9.73. The van der Waals surface area contributed by atoms with Crippen LogP contribution < -0.4 is 5.32 Å². The van der Waals surface area contributed by atoms with Gasteiger partial charge >= 0.3 is 0 Å². The molecule has 2 aliphatic rings. The number of nitrogens with zero attached hydrogens (tertiary/aromatic N) is 1. The van der Waals surface area contributed by atoms with E-state index < -0.39 is 0 Å². The summed E-state index contributed by atoms with van der Waals surface area (Å²) in [5.74, 6) is 0. The van der Waals surface area contributed by atoms with Crippen LogP contribution in [0.3, 0.4) is 0 Å². The van der Waals surface area contributed by atoms with Gasteiger partial charge in [-0.15, -0.1) is 24.8 Å². The van der Waals surface area contributed by atoms with E-state index >= 15 is 0 Å². The van der Waals surface area contributed by atoms with Gasteiger partial charge in [0.15, 0.2) is 0 Å². The van der Waals surface area contributed by atoms with Crippen molar-refractivity contribution in [3.05, 3.63) is 24.2 Å². The molecule has 3 nitrogen and oxygen atoms in total. The minimum atomic E-state index is 0. The fourth-order valence-electron chi connectivity index (χ4n) is 3.57. The largest absolute Gasteiger partial charge is 0.472 e. The average Bonchev–Trinajstić information content (AvgIpc) is 2.83. The monoisotopic (exact) mass is 320 g/mol. The molecule has 20 heavy (non-hydrogen) atoms. The van der Waals surface area contributed by atoms with Crippen molar-refractivity contribution in [1.29, 1.82) is 0 Å². The first-order valence-corrected chi connectivity index (χ1v) is 7.31. The van der Waals surface area contributed by atoms with E-state index in [0.29, 0.717) is 5.41 Å². The number of nitrogens with one attached hydrogen (secondary N) is 1. The summed E-state index contributed by atoms with van der Waals surface area (Å²) in [5.41, 5.74) is 1.97. The molecule has 0 unspecified atom stereocenters. The van der Waals surface area contributed by atoms with E-state index in [1.54, 1.807) is 6.26 Å². The molecule has 3 rings (SSSR count). The van der Waals surface area contributed by atoms with Gasteiger partial charge in [0.05, 0.1) is 12.5 Å². The smallest absolute Gasteiger partial charge is 0.0947 e. The molecule has 1 N–H and O–H groups in total. The number of furan rings is 1. The lowest BCUT2D eigenvalue weighted by molar-refractivity contribution is 0.167. The molecule has 0 saturated carbocycles. The highest BCUT2D eigenvalue weighted by atomic mass is 35.5. The highest BCUT2D eigenvalue weighted by Gasteiger charge is 2.33. The van der Waals surface area contributed by atoms with Crippen LogP contribution in [0.5, 0.6) is 0 Å². The van der Waals surface area contributed by atoms with Crippen molar-refractivity contribution >= 4 is 24.8 Å². The molecule has 0 bridgehead atoms. The van der Waals surface area contributed by atoms with Crippen molar-refractivity contribution in [1.82, 2.24) is 10.2 Å². The Morgan fingerprint density at radius 1 is 1.10 bits per heavy atom. The first-order chi connectivity index (χ1) is 8.86. The standard InChI is InChI=1S/C15H24N2O.2ClH/c1-3-15(4-7-16-8-5-15)6-10-17(9-1)12-14-2-11-18-13-14;;/h2,11,13,16H,1,3-10,12H2;2*1H. The maximum absolute atomic E-state index is 5.16. The Bertz CT molecular complexity index is 364. The Labute approximate surface area is 134 Å². The molecule has 0 aliphatic carbocycles. The van der Waals surface area contributed by atoms with Gasteiger partial charge in [-0.25, -0.2) is 0 Å². The molecule has 0 amide bonds. The minimum absolute atomic E-state index is 0. The summed E-state index contributed by atoms with van der Waals surface area (Å²) >= 11 is 0. The fraction of sp³-hybridized carbons (Fsp3) is 0.733. The summed E-state index contributed by atoms with van der Waals surface area (Å²) < 4.78 is 5.16. The summed E-state index contributed by atoms with van der Waals surface area (Å²) in [5, 5.41) is 3.50. The van der Waals surface area contributed by atoms with Crippen molar-refractivity contribution in [3.63, 3.8) is 0 Å². The predicted octanol–water partition coefficient (Wildman–Crippen LogP) is 3.48. The van der Waals surface area contributed by atoms with Gasteiger partial charge in [-0.3, -0.25) is 4.90 Å². The molecule has 2 fully saturated rings. The molecular formula is C15H26Cl2N2O. The van der Waals surface area contributed by atoms with Crippen molar-refractivity contribution < 1.29 is 4.42 Å². The Balaban J connectivity index is 0.000001000. The lowest BCUT2D eigenvalue weighted by Gasteiger charge is -2.37. The van der Waals surface area contributed by atoms with Gasteiger partial charge in [-0.2, -0.15) is 0 Å². The number of piperidine rings is 1. The number of hydrogen-bond donors (Lipinski definition) is 1. The molecule has 3 heterocycles. The van der Waals surface area contributed by atoms with Crippen LogP contribution in [0.1, 0.15) is 37.7 Å². The van der Waals surface area contributed by atoms with Crippen molar-refractivity contribution in [2.75, 3.05) is 26.2 Å². The maximum atomic E-state index is 5.16. The molecule has 2 aliphatic heterocycles. The summed E-state index contributed by atoms with van der Waals surface area (Å²) in [6.07, 6.45) is 10.6. The third kappa shape index (κ3) is 4.39. The van der Waals surface area contributed by atoms with Crippen LogP contribution in [0.2, 0.25) is 0 Å². The molecule has 1 aromatic heterocycles. The van der Waals surface area contributed by atoms with Gasteiger partial charge in [-0.1, -0.05) is 0 Å². The molecular weight excluding hydrogens is 295 g/mol. The summed E-state index contributed by atoms with van der Waals surface area (Å²) in [6, 6.07) is 2.09. The quantitative estimate of drug-likeness (QED) is 0.904. The van der Waals surface area contributed by atoms with Crippen LogP contribution >= 0.6 is 24.8 Å². The van der Waals surface area contributed by atoms with Crippen molar-refractivity contribution in [3.8, 4) is 0 Å². The highest BCUT2D eigenvalue weighted by molar-refractivity contribution is 5.85. The molecule has 116 valence electrons. The normalized spacial score (nSPS) is 22.6. The van der Waals surface area contributed by atoms with Gasteiger partial charge in [0.1, 0.15) is 0 Å². The fourth-order valence-corrected chi connectivity index (χ4v) is 3.57. The van der Waals surface area contributed by atoms with E-state index in [-0.39, 0.29) is 24.8 Å². The molecule has 1 spiro atoms. The summed E-state index contributed by atoms with van der Waals surface area (Å²) in [6.45, 7) is 6.01. The number of halogens is 2. The van der Waals surface area contributed by atoms with Gasteiger partial charge in [-0.05, 0) is 69.8 Å². The third-order valence-corrected chi connectivity index (χ3v) is 4.79. The number of hydrogen-bond acceptors (Lipinski definition) is 3. The van der Waals surface area contributed by atoms with Crippen LogP contribution in [0.25, 0.3) is 0 Å². The van der Waals surface area contributed by atoms with Crippen LogP contribution in [0, 0.1) is 5.41 Å². The number of likely N-dealkylation sites (tertiary alicyclic amines) is 1. The van der Waals surface area contributed by atoms with Crippen LogP contribution in [0.4, 0.5) is 0 Å². The SMILES string of the molecule is Cl.Cl.c1cc(CN2CCCC3(CCNCC3)CC2)co1. The van der Waals surface area contributed by atoms with E-state index in [1.807, 2.05) is 6.26 Å². The molecule has 2 saturated heterocycles. The average molecular weight is 321 g/mol. The zero-order valence-corrected chi connectivity index (χ0v) is 13.6. The third-order valence-electron chi connectivity index (χ3n) is 4.79. The van der Waals surface area contributed by atoms with E-state index in [0.717, 1.165) is 6.54 Å². The Morgan fingerprint density at radius 2 is 1.90 bits per heavy atom. The van der Waals surface area contributed by atoms with E-state index in [2.05, 4.69) is 16.3 Å². The molecule has 5 heteroatoms. The van der Waals surface area contributed by atoms with Gasteiger partial charge in [0, 0.05) is 12.1 Å². The second-order valence-corrected chi connectivity index (χ2v) is 6.01. The van der Waals surface area contributed by atoms with Gasteiger partial charge in [0.25, 0.3) is 0 Å². The minimum Gasteiger partial charge on any atom is -0.472 e. The predicted molar refractivity (Wildman–Crippen MR) is 86.9 cm³/mol. The molecule has 0 aromatic carbocycles. The molecule has 0 radical (unpaired) electrons. The highest BCUT2D eigenvalue weighted by Crippen LogP contribution is 2.39. The first-order valence-electron chi connectivity index (χ1n) is 7.31. The van der Waals surface area contributed by atoms with Crippen LogP contribution in [0.15, 0.2) is 23.0 Å². The Morgan fingerprint density at radius 3 is 2.60 bits per heavy atom. The summed E-state index contributed by atoms with van der Waals surface area (Å²) in [4.78, 5) is 2.60. The van der Waals surface area contributed by atoms with Gasteiger partial charge < -0.3 is 9.73 Å². The second kappa shape index (κ2) is 8.28. The van der Waals surface area contributed by atoms with Crippen LogP contribution in [-0.4, -0.2) is 31.1 Å². The van der Waals surface area contributed by atoms with Crippen LogP contribution in [-0.2, 0) is 6.54 Å². The maximum Gasteiger partial charge on any atom is 0.0947 e. The number of rotatable bonds is 2. The van der Waals surface area contributed by atoms with E-state index in [9.17, 15) is 0 Å². The van der Waals surface area contributed by atoms with Crippen molar-refractivity contribution in [2.24, 2.45) is 5.41 Å². The van der Waals surface area contributed by atoms with E-state index in [4.69, 9.17) is 4.42 Å². The topological polar surface area (TPSA) is 28.4 Å². The molecule has 0 atom stereocenters. The second-order valence-electron chi connectivity index (χ2n) is 6.01. The zero-order chi connectivity index (χ0) is 12.3. The van der Waals surface area contributed by atoms with E-state index in [1.165, 1.54) is 63.8 Å². The Hall–Kier alpha value is -0.220. The van der Waals surface area contributed by atoms with Crippen molar-refractivity contribution in [2.45, 2.75) is 38.6 Å². The lowest BCUT2D eigenvalue weighted by Crippen LogP contribution is -2.37. The van der Waals surface area contributed by atoms with Gasteiger partial charge in [0.2, 0.25) is 0 Å². The first kappa shape index (κ1) is 17.8. The Kier molecular flexibility index (Phi) is 7.38. The molecule has 1 aromatic rings.